The molecule has 0 bridgehead atoms. The van der Waals surface area contributed by atoms with Crippen molar-refractivity contribution in [3.8, 4) is 0 Å². The smallest absolute Gasteiger partial charge is 0.191 e. The Morgan fingerprint density at radius 2 is 2.03 bits per heavy atom. The van der Waals surface area contributed by atoms with E-state index in [-0.39, 0.29) is 5.82 Å². The summed E-state index contributed by atoms with van der Waals surface area (Å²) < 4.78 is 15.0. The average molecular weight is 402 g/mol. The number of guanidine groups is 1. The lowest BCUT2D eigenvalue weighted by molar-refractivity contribution is 0.267. The molecule has 3 rings (SSSR count). The summed E-state index contributed by atoms with van der Waals surface area (Å²) in [5, 5.41) is 15.2. The Morgan fingerprint density at radius 1 is 1.24 bits per heavy atom. The van der Waals surface area contributed by atoms with Crippen molar-refractivity contribution in [2.24, 2.45) is 12.0 Å². The number of halogens is 1. The Hall–Kier alpha value is -2.48. The molecule has 0 radical (unpaired) electrons. The third kappa shape index (κ3) is 6.00. The normalized spacial score (nSPS) is 17.7. The first-order valence-electron chi connectivity index (χ1n) is 10.4. The van der Waals surface area contributed by atoms with E-state index in [2.05, 4.69) is 32.7 Å². The van der Waals surface area contributed by atoms with Gasteiger partial charge >= 0.3 is 0 Å². The highest BCUT2D eigenvalue weighted by Gasteiger charge is 2.22. The van der Waals surface area contributed by atoms with Gasteiger partial charge in [0.2, 0.25) is 0 Å². The van der Waals surface area contributed by atoms with E-state index in [0.717, 1.165) is 49.2 Å². The van der Waals surface area contributed by atoms with Crippen molar-refractivity contribution in [3.63, 3.8) is 0 Å². The molecule has 0 amide bonds. The molecule has 1 saturated heterocycles. The van der Waals surface area contributed by atoms with Crippen molar-refractivity contribution >= 4 is 5.96 Å². The Balaban J connectivity index is 1.59. The zero-order valence-electron chi connectivity index (χ0n) is 17.7. The van der Waals surface area contributed by atoms with E-state index >= 15 is 0 Å². The number of aryl methyl sites for hydroxylation is 1. The van der Waals surface area contributed by atoms with Crippen LogP contribution in [0, 0.1) is 12.7 Å². The minimum atomic E-state index is -0.207. The predicted molar refractivity (Wildman–Crippen MR) is 113 cm³/mol. The molecule has 1 aromatic carbocycles. The number of nitrogens with zero attached hydrogens (tertiary/aromatic N) is 5. The van der Waals surface area contributed by atoms with Gasteiger partial charge in [0, 0.05) is 26.2 Å². The predicted octanol–water partition coefficient (Wildman–Crippen LogP) is 2.02. The van der Waals surface area contributed by atoms with E-state index < -0.39 is 0 Å². The molecule has 1 aliphatic heterocycles. The number of hydrogen-bond donors (Lipinski definition) is 2. The molecule has 2 heterocycles. The summed E-state index contributed by atoms with van der Waals surface area (Å²) in [5.41, 5.74) is 1.09. The summed E-state index contributed by atoms with van der Waals surface area (Å²) in [6, 6.07) is 7.18. The monoisotopic (exact) mass is 401 g/mol. The number of aromatic nitrogens is 3. The number of aliphatic imine (C=N–C) groups is 1. The maximum absolute atomic E-state index is 13.1. The molecular formula is C21H32FN7. The van der Waals surface area contributed by atoms with Crippen molar-refractivity contribution in [2.75, 3.05) is 26.2 Å². The van der Waals surface area contributed by atoms with Crippen LogP contribution in [0.2, 0.25) is 0 Å². The minimum Gasteiger partial charge on any atom is -0.356 e. The van der Waals surface area contributed by atoms with E-state index in [9.17, 15) is 4.39 Å². The first-order chi connectivity index (χ1) is 14.1. The second kappa shape index (κ2) is 10.3. The van der Waals surface area contributed by atoms with E-state index in [1.54, 1.807) is 0 Å². The van der Waals surface area contributed by atoms with Gasteiger partial charge in [0.25, 0.3) is 0 Å². The fourth-order valence-electron chi connectivity index (χ4n) is 3.65. The topological polar surface area (TPSA) is 70.4 Å². The van der Waals surface area contributed by atoms with Gasteiger partial charge < -0.3 is 15.2 Å². The van der Waals surface area contributed by atoms with Gasteiger partial charge in [0.1, 0.15) is 18.2 Å². The van der Waals surface area contributed by atoms with E-state index in [1.807, 2.05) is 30.7 Å². The van der Waals surface area contributed by atoms with Gasteiger partial charge in [0.15, 0.2) is 11.8 Å². The van der Waals surface area contributed by atoms with Gasteiger partial charge in [0.05, 0.1) is 0 Å². The Labute approximate surface area is 172 Å². The number of nitrogens with one attached hydrogen (secondary N) is 2. The van der Waals surface area contributed by atoms with Crippen molar-refractivity contribution in [1.82, 2.24) is 30.3 Å². The summed E-state index contributed by atoms with van der Waals surface area (Å²) in [6.07, 6.45) is 3.27. The molecule has 0 spiro atoms. The summed E-state index contributed by atoms with van der Waals surface area (Å²) in [5.74, 6) is 2.27. The molecule has 2 N–H and O–H groups in total. The lowest BCUT2D eigenvalue weighted by atomic mass is 10.1. The molecule has 1 aromatic heterocycles. The van der Waals surface area contributed by atoms with E-state index in [0.29, 0.717) is 12.6 Å². The molecule has 2 aromatic rings. The van der Waals surface area contributed by atoms with Crippen LogP contribution in [0.1, 0.15) is 37.0 Å². The molecule has 1 unspecified atom stereocenters. The van der Waals surface area contributed by atoms with Crippen LogP contribution in [0.4, 0.5) is 4.39 Å². The van der Waals surface area contributed by atoms with Gasteiger partial charge in [-0.05, 0) is 57.0 Å². The molecule has 8 heteroatoms. The Bertz CT molecular complexity index is 800. The number of rotatable bonds is 8. The Kier molecular flexibility index (Phi) is 7.57. The highest BCUT2D eigenvalue weighted by atomic mass is 19.1. The molecule has 1 aliphatic rings. The van der Waals surface area contributed by atoms with Crippen molar-refractivity contribution in [3.05, 3.63) is 47.3 Å². The fraction of sp³-hybridized carbons (Fsp3) is 0.571. The first kappa shape index (κ1) is 21.2. The quantitative estimate of drug-likeness (QED) is 0.523. The molecule has 0 aliphatic carbocycles. The highest BCUT2D eigenvalue weighted by Crippen LogP contribution is 2.15. The van der Waals surface area contributed by atoms with Crippen molar-refractivity contribution in [1.29, 1.82) is 0 Å². The first-order valence-corrected chi connectivity index (χ1v) is 10.4. The second-order valence-electron chi connectivity index (χ2n) is 7.50. The van der Waals surface area contributed by atoms with Gasteiger partial charge in [-0.25, -0.2) is 9.38 Å². The fourth-order valence-corrected chi connectivity index (χ4v) is 3.65. The summed E-state index contributed by atoms with van der Waals surface area (Å²) in [4.78, 5) is 7.23. The molecule has 1 atom stereocenters. The van der Waals surface area contributed by atoms with Crippen LogP contribution in [0.15, 0.2) is 29.3 Å². The number of likely N-dealkylation sites (N-methyl/N-ethyl adjacent to an activating group) is 1. The van der Waals surface area contributed by atoms with Gasteiger partial charge in [-0.15, -0.1) is 10.2 Å². The average Bonchev–Trinajstić information content (AvgIpc) is 3.31. The van der Waals surface area contributed by atoms with Crippen LogP contribution >= 0.6 is 0 Å². The van der Waals surface area contributed by atoms with Crippen LogP contribution in [0.3, 0.4) is 0 Å². The molecule has 7 nitrogen and oxygen atoms in total. The van der Waals surface area contributed by atoms with Crippen LogP contribution in [0.25, 0.3) is 0 Å². The molecule has 0 saturated carbocycles. The Morgan fingerprint density at radius 3 is 2.72 bits per heavy atom. The zero-order valence-corrected chi connectivity index (χ0v) is 17.7. The highest BCUT2D eigenvalue weighted by molar-refractivity contribution is 5.79. The number of hydrogen-bond acceptors (Lipinski definition) is 4. The summed E-state index contributed by atoms with van der Waals surface area (Å²) in [6.45, 7) is 8.45. The molecule has 1 fully saturated rings. The second-order valence-corrected chi connectivity index (χ2v) is 7.50. The largest absolute Gasteiger partial charge is 0.356 e. The molecular weight excluding hydrogens is 369 g/mol. The third-order valence-electron chi connectivity index (χ3n) is 5.59. The summed E-state index contributed by atoms with van der Waals surface area (Å²) in [7, 11) is 1.95. The SMILES string of the molecule is CCN1CCCC1CNC(=NCc1nnc(C)n1C)NCCc1ccc(F)cc1. The minimum absolute atomic E-state index is 0.207. The zero-order chi connectivity index (χ0) is 20.6. The van der Waals surface area contributed by atoms with Crippen LogP contribution < -0.4 is 10.6 Å². The summed E-state index contributed by atoms with van der Waals surface area (Å²) >= 11 is 0. The van der Waals surface area contributed by atoms with Crippen LogP contribution in [-0.2, 0) is 20.0 Å². The standard InChI is InChI=1S/C21H32FN7/c1-4-29-13-5-6-19(29)14-24-21(25-15-20-27-26-16(2)28(20)3)23-12-11-17-7-9-18(22)10-8-17/h7-10,19H,4-6,11-15H2,1-3H3,(H2,23,24,25). The van der Waals surface area contributed by atoms with Crippen molar-refractivity contribution < 1.29 is 4.39 Å². The third-order valence-corrected chi connectivity index (χ3v) is 5.59. The van der Waals surface area contributed by atoms with Crippen LogP contribution in [0.5, 0.6) is 0 Å². The molecule has 29 heavy (non-hydrogen) atoms. The van der Waals surface area contributed by atoms with E-state index in [4.69, 9.17) is 4.99 Å². The van der Waals surface area contributed by atoms with Crippen molar-refractivity contribution in [2.45, 2.75) is 45.7 Å². The lowest BCUT2D eigenvalue weighted by Crippen LogP contribution is -2.45. The lowest BCUT2D eigenvalue weighted by Gasteiger charge is -2.24. The number of benzene rings is 1. The van der Waals surface area contributed by atoms with Gasteiger partial charge in [-0.1, -0.05) is 19.1 Å². The number of likely N-dealkylation sites (tertiary alicyclic amines) is 1. The maximum Gasteiger partial charge on any atom is 0.191 e. The van der Waals surface area contributed by atoms with Crippen LogP contribution in [-0.4, -0.2) is 57.8 Å². The maximum atomic E-state index is 13.1. The molecule has 158 valence electrons. The van der Waals surface area contributed by atoms with E-state index in [1.165, 1.54) is 31.5 Å². The van der Waals surface area contributed by atoms with Gasteiger partial charge in [-0.2, -0.15) is 0 Å². The van der Waals surface area contributed by atoms with Gasteiger partial charge in [-0.3, -0.25) is 4.90 Å².